The maximum atomic E-state index is 14.2. The van der Waals surface area contributed by atoms with E-state index in [9.17, 15) is 9.50 Å². The number of halogens is 1. The first-order valence-electron chi connectivity index (χ1n) is 7.77. The van der Waals surface area contributed by atoms with Crippen LogP contribution >= 0.6 is 0 Å². The molecule has 0 aliphatic carbocycles. The Morgan fingerprint density at radius 2 is 1.78 bits per heavy atom. The highest BCUT2D eigenvalue weighted by Crippen LogP contribution is 2.29. The first kappa shape index (κ1) is 17.2. The minimum atomic E-state index is -0.469. The summed E-state index contributed by atoms with van der Waals surface area (Å²) in [5.74, 6) is 0.300. The van der Waals surface area contributed by atoms with Crippen LogP contribution in [0.25, 0.3) is 0 Å². The van der Waals surface area contributed by atoms with Crippen LogP contribution in [0.2, 0.25) is 0 Å². The van der Waals surface area contributed by atoms with E-state index in [1.165, 1.54) is 6.07 Å². The molecular formula is C18H23FN2O2. The molecule has 0 aliphatic rings. The Bertz CT molecular complexity index is 700. The van der Waals surface area contributed by atoms with Crippen molar-refractivity contribution in [3.63, 3.8) is 0 Å². The van der Waals surface area contributed by atoms with Crippen molar-refractivity contribution in [3.8, 4) is 11.6 Å². The molecule has 0 saturated carbocycles. The quantitative estimate of drug-likeness (QED) is 0.884. The van der Waals surface area contributed by atoms with Crippen molar-refractivity contribution in [1.29, 1.82) is 0 Å². The molecule has 0 fully saturated rings. The van der Waals surface area contributed by atoms with Crippen LogP contribution in [-0.2, 0) is 6.61 Å². The van der Waals surface area contributed by atoms with Crippen molar-refractivity contribution >= 4 is 0 Å². The Labute approximate surface area is 136 Å². The summed E-state index contributed by atoms with van der Waals surface area (Å²) in [6.45, 7) is 9.67. The molecule has 0 amide bonds. The second kappa shape index (κ2) is 6.94. The molecule has 0 spiro atoms. The van der Waals surface area contributed by atoms with Gasteiger partial charge in [0.2, 0.25) is 5.88 Å². The highest BCUT2D eigenvalue weighted by Gasteiger charge is 2.15. The van der Waals surface area contributed by atoms with Gasteiger partial charge in [-0.2, -0.15) is 0 Å². The zero-order chi connectivity index (χ0) is 17.1. The van der Waals surface area contributed by atoms with Gasteiger partial charge in [0, 0.05) is 29.1 Å². The van der Waals surface area contributed by atoms with Gasteiger partial charge in [-0.15, -0.1) is 0 Å². The molecule has 2 rings (SSSR count). The van der Waals surface area contributed by atoms with Gasteiger partial charge in [0.15, 0.2) is 0 Å². The lowest BCUT2D eigenvalue weighted by atomic mass is 10.0. The Kier molecular flexibility index (Phi) is 5.19. The molecule has 5 heteroatoms. The van der Waals surface area contributed by atoms with E-state index in [1.807, 2.05) is 40.7 Å². The maximum Gasteiger partial charge on any atom is 0.214 e. The lowest BCUT2D eigenvalue weighted by Gasteiger charge is -2.15. The third-order valence-electron chi connectivity index (χ3n) is 3.70. The second-order valence-corrected chi connectivity index (χ2v) is 6.29. The number of ether oxygens (including phenoxy) is 1. The number of aromatic hydroxyl groups is 1. The largest absolute Gasteiger partial charge is 0.493 e. The summed E-state index contributed by atoms with van der Waals surface area (Å²) in [6.07, 6.45) is 1.78. The van der Waals surface area contributed by atoms with E-state index in [2.05, 4.69) is 9.97 Å². The molecule has 2 heterocycles. The summed E-state index contributed by atoms with van der Waals surface area (Å²) in [4.78, 5) is 8.21. The third-order valence-corrected chi connectivity index (χ3v) is 3.70. The van der Waals surface area contributed by atoms with Crippen LogP contribution in [0.3, 0.4) is 0 Å². The van der Waals surface area contributed by atoms with Crippen LogP contribution < -0.4 is 4.74 Å². The first-order chi connectivity index (χ1) is 10.8. The van der Waals surface area contributed by atoms with Crippen molar-refractivity contribution in [2.75, 3.05) is 0 Å². The second-order valence-electron chi connectivity index (χ2n) is 6.29. The molecule has 124 valence electrons. The van der Waals surface area contributed by atoms with E-state index in [0.29, 0.717) is 11.3 Å². The van der Waals surface area contributed by atoms with E-state index in [0.717, 1.165) is 11.3 Å². The number of pyridine rings is 2. The standard InChI is InChI=1S/C18H23FN2O2/c1-10(2)13-7-15(19)16(21-18(13)22)9-23-17-6-12(5)20-8-14(17)11(3)4/h6-8,10-11H,9H2,1-5H3,(H,21,22). The lowest BCUT2D eigenvalue weighted by Crippen LogP contribution is -2.06. The highest BCUT2D eigenvalue weighted by molar-refractivity contribution is 5.36. The highest BCUT2D eigenvalue weighted by atomic mass is 19.1. The lowest BCUT2D eigenvalue weighted by molar-refractivity contribution is 0.286. The molecule has 0 radical (unpaired) electrons. The van der Waals surface area contributed by atoms with Crippen molar-refractivity contribution < 1.29 is 14.2 Å². The first-order valence-corrected chi connectivity index (χ1v) is 7.77. The van der Waals surface area contributed by atoms with E-state index >= 15 is 0 Å². The molecule has 0 unspecified atom stereocenters. The van der Waals surface area contributed by atoms with Gasteiger partial charge in [0.25, 0.3) is 0 Å². The van der Waals surface area contributed by atoms with E-state index < -0.39 is 5.82 Å². The number of hydrogen-bond acceptors (Lipinski definition) is 4. The summed E-state index contributed by atoms with van der Waals surface area (Å²) in [7, 11) is 0. The van der Waals surface area contributed by atoms with Crippen molar-refractivity contribution in [3.05, 3.63) is 46.7 Å². The molecule has 4 nitrogen and oxygen atoms in total. The van der Waals surface area contributed by atoms with Gasteiger partial charge in [0.05, 0.1) is 0 Å². The number of nitrogens with zero attached hydrogens (tertiary/aromatic N) is 2. The van der Waals surface area contributed by atoms with Gasteiger partial charge in [-0.1, -0.05) is 27.7 Å². The minimum absolute atomic E-state index is 0.00218. The number of rotatable bonds is 5. The van der Waals surface area contributed by atoms with E-state index in [1.54, 1.807) is 6.20 Å². The SMILES string of the molecule is Cc1cc(OCc2nc(O)c(C(C)C)cc2F)c(C(C)C)cn1. The number of aryl methyl sites for hydroxylation is 1. The van der Waals surface area contributed by atoms with Crippen LogP contribution in [0, 0.1) is 12.7 Å². The summed E-state index contributed by atoms with van der Waals surface area (Å²) in [5.41, 5.74) is 2.37. The molecule has 2 aromatic rings. The predicted octanol–water partition coefficient (Wildman–Crippen LogP) is 4.46. The van der Waals surface area contributed by atoms with Crippen LogP contribution in [0.5, 0.6) is 11.6 Å². The summed E-state index contributed by atoms with van der Waals surface area (Å²) in [6, 6.07) is 3.16. The third kappa shape index (κ3) is 3.97. The van der Waals surface area contributed by atoms with Gasteiger partial charge < -0.3 is 9.84 Å². The zero-order valence-electron chi connectivity index (χ0n) is 14.2. The van der Waals surface area contributed by atoms with Crippen molar-refractivity contribution in [2.24, 2.45) is 0 Å². The Balaban J connectivity index is 2.25. The molecule has 0 aliphatic heterocycles. The van der Waals surface area contributed by atoms with Gasteiger partial charge in [0.1, 0.15) is 23.9 Å². The van der Waals surface area contributed by atoms with Crippen LogP contribution in [-0.4, -0.2) is 15.1 Å². The predicted molar refractivity (Wildman–Crippen MR) is 87.3 cm³/mol. The fourth-order valence-corrected chi connectivity index (χ4v) is 2.31. The summed E-state index contributed by atoms with van der Waals surface area (Å²) >= 11 is 0. The Morgan fingerprint density at radius 1 is 1.13 bits per heavy atom. The monoisotopic (exact) mass is 318 g/mol. The topological polar surface area (TPSA) is 55.2 Å². The molecule has 0 aromatic carbocycles. The summed E-state index contributed by atoms with van der Waals surface area (Å²) in [5, 5.41) is 9.93. The fourth-order valence-electron chi connectivity index (χ4n) is 2.31. The van der Waals surface area contributed by atoms with Gasteiger partial charge in [-0.05, 0) is 24.8 Å². The minimum Gasteiger partial charge on any atom is -0.493 e. The Hall–Kier alpha value is -2.17. The normalized spacial score (nSPS) is 11.3. The molecule has 23 heavy (non-hydrogen) atoms. The smallest absolute Gasteiger partial charge is 0.214 e. The average molecular weight is 318 g/mol. The van der Waals surface area contributed by atoms with Crippen LogP contribution in [0.4, 0.5) is 4.39 Å². The van der Waals surface area contributed by atoms with E-state index in [4.69, 9.17) is 4.74 Å². The summed E-state index contributed by atoms with van der Waals surface area (Å²) < 4.78 is 19.9. The van der Waals surface area contributed by atoms with Gasteiger partial charge >= 0.3 is 0 Å². The number of hydrogen-bond donors (Lipinski definition) is 1. The maximum absolute atomic E-state index is 14.2. The molecule has 0 atom stereocenters. The van der Waals surface area contributed by atoms with E-state index in [-0.39, 0.29) is 30.0 Å². The number of aromatic nitrogens is 2. The van der Waals surface area contributed by atoms with Gasteiger partial charge in [-0.3, -0.25) is 4.98 Å². The van der Waals surface area contributed by atoms with Crippen LogP contribution in [0.15, 0.2) is 18.3 Å². The zero-order valence-corrected chi connectivity index (χ0v) is 14.2. The van der Waals surface area contributed by atoms with Gasteiger partial charge in [-0.25, -0.2) is 9.37 Å². The van der Waals surface area contributed by atoms with Crippen molar-refractivity contribution in [1.82, 2.24) is 9.97 Å². The van der Waals surface area contributed by atoms with Crippen LogP contribution in [0.1, 0.15) is 62.0 Å². The van der Waals surface area contributed by atoms with Crippen molar-refractivity contribution in [2.45, 2.75) is 53.1 Å². The molecule has 1 N–H and O–H groups in total. The molecular weight excluding hydrogens is 295 g/mol. The molecule has 0 saturated heterocycles. The Morgan fingerprint density at radius 3 is 2.39 bits per heavy atom. The molecule has 0 bridgehead atoms. The fraction of sp³-hybridized carbons (Fsp3) is 0.444. The molecule has 2 aromatic heterocycles. The average Bonchev–Trinajstić information content (AvgIpc) is 2.47.